The van der Waals surface area contributed by atoms with Crippen LogP contribution in [0, 0.1) is 0 Å². The first kappa shape index (κ1) is 11.4. The Morgan fingerprint density at radius 3 is 3.00 bits per heavy atom. The number of benzene rings is 1. The van der Waals surface area contributed by atoms with E-state index in [1.165, 1.54) is 10.1 Å². The molecule has 0 aliphatic heterocycles. The van der Waals surface area contributed by atoms with Gasteiger partial charge in [0.25, 0.3) is 0 Å². The average Bonchev–Trinajstić information content (AvgIpc) is 2.73. The van der Waals surface area contributed by atoms with E-state index in [1.807, 2.05) is 25.1 Å². The molecule has 0 amide bonds. The molecule has 0 radical (unpaired) electrons. The van der Waals surface area contributed by atoms with Gasteiger partial charge in [-0.2, -0.15) is 0 Å². The molecule has 1 aromatic carbocycles. The Balaban J connectivity index is 2.45. The second kappa shape index (κ2) is 4.40. The van der Waals surface area contributed by atoms with Crippen LogP contribution in [0.3, 0.4) is 0 Å². The Hall–Kier alpha value is -1.12. The second-order valence-electron chi connectivity index (χ2n) is 4.25. The third-order valence-corrected chi connectivity index (χ3v) is 3.86. The molecule has 1 N–H and O–H groups in total. The number of rotatable bonds is 4. The fourth-order valence-corrected chi connectivity index (χ4v) is 2.97. The Kier molecular flexibility index (Phi) is 3.13. The molecular formula is C14H16OS. The van der Waals surface area contributed by atoms with E-state index in [0.29, 0.717) is 6.42 Å². The monoisotopic (exact) mass is 232 g/mol. The lowest BCUT2D eigenvalue weighted by Gasteiger charge is -2.24. The van der Waals surface area contributed by atoms with Crippen molar-refractivity contribution in [3.63, 3.8) is 0 Å². The summed E-state index contributed by atoms with van der Waals surface area (Å²) in [5.74, 6) is 0. The van der Waals surface area contributed by atoms with Crippen LogP contribution in [0.4, 0.5) is 0 Å². The minimum atomic E-state index is -0.765. The molecule has 0 aliphatic carbocycles. The Morgan fingerprint density at radius 1 is 1.44 bits per heavy atom. The quantitative estimate of drug-likeness (QED) is 0.788. The Bertz CT molecular complexity index is 496. The Labute approximate surface area is 100 Å². The summed E-state index contributed by atoms with van der Waals surface area (Å²) in [6.45, 7) is 5.58. The third-order valence-electron chi connectivity index (χ3n) is 2.89. The molecule has 1 atom stereocenters. The van der Waals surface area contributed by atoms with Gasteiger partial charge in [-0.15, -0.1) is 17.9 Å². The summed E-state index contributed by atoms with van der Waals surface area (Å²) in [5, 5.41) is 13.8. The largest absolute Gasteiger partial charge is 0.385 e. The van der Waals surface area contributed by atoms with E-state index in [9.17, 15) is 5.11 Å². The average molecular weight is 232 g/mol. The van der Waals surface area contributed by atoms with Gasteiger partial charge in [0, 0.05) is 10.3 Å². The first-order valence-electron chi connectivity index (χ1n) is 5.45. The topological polar surface area (TPSA) is 20.2 Å². The summed E-state index contributed by atoms with van der Waals surface area (Å²) in [7, 11) is 0. The van der Waals surface area contributed by atoms with Gasteiger partial charge < -0.3 is 5.11 Å². The van der Waals surface area contributed by atoms with Crippen LogP contribution >= 0.6 is 11.3 Å². The zero-order valence-corrected chi connectivity index (χ0v) is 10.3. The van der Waals surface area contributed by atoms with Crippen molar-refractivity contribution in [3.05, 3.63) is 47.9 Å². The molecule has 2 rings (SSSR count). The lowest BCUT2D eigenvalue weighted by atomic mass is 9.90. The van der Waals surface area contributed by atoms with Crippen molar-refractivity contribution >= 4 is 21.4 Å². The maximum absolute atomic E-state index is 10.5. The van der Waals surface area contributed by atoms with Gasteiger partial charge in [0.15, 0.2) is 0 Å². The summed E-state index contributed by atoms with van der Waals surface area (Å²) >= 11 is 1.69. The maximum atomic E-state index is 10.5. The van der Waals surface area contributed by atoms with Crippen molar-refractivity contribution in [2.45, 2.75) is 25.4 Å². The van der Waals surface area contributed by atoms with Crippen LogP contribution in [0.2, 0.25) is 0 Å². The summed E-state index contributed by atoms with van der Waals surface area (Å²) in [5.41, 5.74) is 0.264. The summed E-state index contributed by atoms with van der Waals surface area (Å²) in [6, 6.07) is 8.20. The van der Waals surface area contributed by atoms with Gasteiger partial charge in [-0.1, -0.05) is 24.3 Å². The fraction of sp³-hybridized carbons (Fsp3) is 0.286. The van der Waals surface area contributed by atoms with Crippen molar-refractivity contribution in [1.29, 1.82) is 0 Å². The predicted octanol–water partition coefficient (Wildman–Crippen LogP) is 4.08. The van der Waals surface area contributed by atoms with Crippen LogP contribution in [-0.2, 0) is 5.60 Å². The highest BCUT2D eigenvalue weighted by atomic mass is 32.1. The summed E-state index contributed by atoms with van der Waals surface area (Å²) < 4.78 is 1.19. The first-order chi connectivity index (χ1) is 7.65. The molecule has 16 heavy (non-hydrogen) atoms. The SMILES string of the molecule is C=CCCC(C)(O)c1cccc2ccsc12. The maximum Gasteiger partial charge on any atom is 0.0885 e. The number of hydrogen-bond acceptors (Lipinski definition) is 2. The van der Waals surface area contributed by atoms with Crippen LogP contribution in [0.15, 0.2) is 42.3 Å². The zero-order valence-electron chi connectivity index (χ0n) is 9.44. The van der Waals surface area contributed by atoms with Crippen LogP contribution < -0.4 is 0 Å². The van der Waals surface area contributed by atoms with Crippen molar-refractivity contribution in [1.82, 2.24) is 0 Å². The highest BCUT2D eigenvalue weighted by Crippen LogP contribution is 2.34. The highest BCUT2D eigenvalue weighted by Gasteiger charge is 2.24. The summed E-state index contributed by atoms with van der Waals surface area (Å²) in [4.78, 5) is 0. The van der Waals surface area contributed by atoms with E-state index >= 15 is 0 Å². The van der Waals surface area contributed by atoms with Crippen LogP contribution in [-0.4, -0.2) is 5.11 Å². The lowest BCUT2D eigenvalue weighted by molar-refractivity contribution is 0.0505. The molecule has 1 unspecified atom stereocenters. The van der Waals surface area contributed by atoms with Crippen LogP contribution in [0.5, 0.6) is 0 Å². The molecule has 1 aromatic heterocycles. The Morgan fingerprint density at radius 2 is 2.25 bits per heavy atom. The number of allylic oxidation sites excluding steroid dienone is 1. The zero-order chi connectivity index (χ0) is 11.6. The second-order valence-corrected chi connectivity index (χ2v) is 5.16. The molecule has 0 saturated carbocycles. The van der Waals surface area contributed by atoms with Crippen molar-refractivity contribution in [2.75, 3.05) is 0 Å². The highest BCUT2D eigenvalue weighted by molar-refractivity contribution is 7.17. The van der Waals surface area contributed by atoms with E-state index in [1.54, 1.807) is 11.3 Å². The number of hydrogen-bond donors (Lipinski definition) is 1. The minimum absolute atomic E-state index is 0.716. The van der Waals surface area contributed by atoms with Gasteiger partial charge in [0.05, 0.1) is 5.60 Å². The molecule has 2 heteroatoms. The van der Waals surface area contributed by atoms with E-state index in [-0.39, 0.29) is 0 Å². The first-order valence-corrected chi connectivity index (χ1v) is 6.33. The molecule has 0 bridgehead atoms. The van der Waals surface area contributed by atoms with Crippen molar-refractivity contribution in [2.24, 2.45) is 0 Å². The van der Waals surface area contributed by atoms with E-state index < -0.39 is 5.60 Å². The molecular weight excluding hydrogens is 216 g/mol. The molecule has 0 saturated heterocycles. The van der Waals surface area contributed by atoms with E-state index in [0.717, 1.165) is 12.0 Å². The smallest absolute Gasteiger partial charge is 0.0885 e. The molecule has 1 nitrogen and oxygen atoms in total. The molecule has 0 spiro atoms. The van der Waals surface area contributed by atoms with Gasteiger partial charge in [0.1, 0.15) is 0 Å². The van der Waals surface area contributed by atoms with E-state index in [2.05, 4.69) is 24.1 Å². The fourth-order valence-electron chi connectivity index (χ4n) is 1.93. The number of aliphatic hydroxyl groups is 1. The van der Waals surface area contributed by atoms with E-state index in [4.69, 9.17) is 0 Å². The van der Waals surface area contributed by atoms with Gasteiger partial charge in [-0.05, 0) is 36.6 Å². The van der Waals surface area contributed by atoms with Crippen molar-refractivity contribution in [3.8, 4) is 0 Å². The van der Waals surface area contributed by atoms with Gasteiger partial charge in [-0.3, -0.25) is 0 Å². The van der Waals surface area contributed by atoms with Gasteiger partial charge in [0.2, 0.25) is 0 Å². The molecule has 2 aromatic rings. The molecule has 0 fully saturated rings. The molecule has 1 heterocycles. The third kappa shape index (κ3) is 2.04. The van der Waals surface area contributed by atoms with Crippen LogP contribution in [0.25, 0.3) is 10.1 Å². The van der Waals surface area contributed by atoms with Gasteiger partial charge in [-0.25, -0.2) is 0 Å². The number of thiophene rings is 1. The summed E-state index contributed by atoms with van der Waals surface area (Å²) in [6.07, 6.45) is 3.39. The normalized spacial score (nSPS) is 14.9. The predicted molar refractivity (Wildman–Crippen MR) is 70.8 cm³/mol. The number of fused-ring (bicyclic) bond motifs is 1. The van der Waals surface area contributed by atoms with Gasteiger partial charge >= 0.3 is 0 Å². The lowest BCUT2D eigenvalue weighted by Crippen LogP contribution is -2.20. The molecule has 0 aliphatic rings. The molecule has 84 valence electrons. The minimum Gasteiger partial charge on any atom is -0.385 e. The van der Waals surface area contributed by atoms with Crippen LogP contribution in [0.1, 0.15) is 25.3 Å². The van der Waals surface area contributed by atoms with Crippen molar-refractivity contribution < 1.29 is 5.11 Å². The standard InChI is InChI=1S/C14H16OS/c1-3-4-9-14(2,15)12-7-5-6-11-8-10-16-13(11)12/h3,5-8,10,15H,1,4,9H2,2H3.